The van der Waals surface area contributed by atoms with Crippen molar-refractivity contribution in [3.8, 4) is 0 Å². The Kier molecular flexibility index (Phi) is 5.69. The van der Waals surface area contributed by atoms with E-state index >= 15 is 0 Å². The number of urea groups is 1. The van der Waals surface area contributed by atoms with E-state index in [2.05, 4.69) is 21.8 Å². The third kappa shape index (κ3) is 4.96. The van der Waals surface area contributed by atoms with Crippen LogP contribution < -0.4 is 15.5 Å². The Morgan fingerprint density at radius 3 is 2.68 bits per heavy atom. The third-order valence-corrected chi connectivity index (χ3v) is 4.08. The summed E-state index contributed by atoms with van der Waals surface area (Å²) >= 11 is 0. The van der Waals surface area contributed by atoms with E-state index in [1.807, 2.05) is 38.1 Å². The van der Waals surface area contributed by atoms with Crippen LogP contribution in [0.5, 0.6) is 0 Å². The number of carbonyl (C=O) groups is 1. The lowest BCUT2D eigenvalue weighted by Crippen LogP contribution is -2.43. The first-order valence-corrected chi connectivity index (χ1v) is 8.19. The van der Waals surface area contributed by atoms with Crippen molar-refractivity contribution in [3.63, 3.8) is 0 Å². The molecule has 2 rings (SSSR count). The second kappa shape index (κ2) is 7.57. The molecule has 1 aromatic heterocycles. The number of benzene rings is 1. The van der Waals surface area contributed by atoms with Crippen molar-refractivity contribution in [2.45, 2.75) is 26.0 Å². The predicted octanol–water partition coefficient (Wildman–Crippen LogP) is 1.50. The molecule has 2 aromatic rings. The highest BCUT2D eigenvalue weighted by atomic mass is 16.3. The number of hydrogen-bond acceptors (Lipinski definition) is 4. The van der Waals surface area contributed by atoms with Gasteiger partial charge in [0.25, 0.3) is 0 Å². The number of nitrogens with zero attached hydrogens (tertiary/aromatic N) is 3. The normalized spacial score (nSPS) is 13.2. The van der Waals surface area contributed by atoms with Gasteiger partial charge in [0.2, 0.25) is 0 Å². The number of anilines is 1. The van der Waals surface area contributed by atoms with Crippen LogP contribution >= 0.6 is 0 Å². The first kappa shape index (κ1) is 18.8. The summed E-state index contributed by atoms with van der Waals surface area (Å²) in [5.74, 6) is 0. The maximum Gasteiger partial charge on any atom is 0.315 e. The van der Waals surface area contributed by atoms with Gasteiger partial charge in [0.1, 0.15) is 5.60 Å². The summed E-state index contributed by atoms with van der Waals surface area (Å²) in [5, 5.41) is 20.1. The fourth-order valence-corrected chi connectivity index (χ4v) is 2.53. The van der Waals surface area contributed by atoms with Crippen LogP contribution in [0.3, 0.4) is 0 Å². The maximum absolute atomic E-state index is 12.1. The van der Waals surface area contributed by atoms with Gasteiger partial charge in [-0.2, -0.15) is 5.10 Å². The number of aromatic nitrogens is 2. The zero-order valence-electron chi connectivity index (χ0n) is 15.5. The lowest BCUT2D eigenvalue weighted by Gasteiger charge is -2.23. The zero-order valence-corrected chi connectivity index (χ0v) is 15.5. The molecule has 25 heavy (non-hydrogen) atoms. The zero-order chi connectivity index (χ0) is 18.6. The van der Waals surface area contributed by atoms with Gasteiger partial charge < -0.3 is 20.6 Å². The van der Waals surface area contributed by atoms with Crippen LogP contribution in [0.15, 0.2) is 30.6 Å². The number of amides is 2. The molecule has 0 aliphatic heterocycles. The van der Waals surface area contributed by atoms with Gasteiger partial charge in [-0.15, -0.1) is 0 Å². The van der Waals surface area contributed by atoms with Gasteiger partial charge in [0.05, 0.1) is 12.7 Å². The molecule has 0 bridgehead atoms. The minimum absolute atomic E-state index is 0.0962. The minimum atomic E-state index is -1.18. The van der Waals surface area contributed by atoms with Crippen LogP contribution in [0.4, 0.5) is 10.5 Å². The van der Waals surface area contributed by atoms with Crippen molar-refractivity contribution in [2.75, 3.05) is 25.5 Å². The van der Waals surface area contributed by atoms with Crippen molar-refractivity contribution in [1.29, 1.82) is 0 Å². The quantitative estimate of drug-likeness (QED) is 0.741. The van der Waals surface area contributed by atoms with Crippen molar-refractivity contribution < 1.29 is 9.90 Å². The Balaban J connectivity index is 1.91. The fourth-order valence-electron chi connectivity index (χ4n) is 2.53. The van der Waals surface area contributed by atoms with E-state index in [0.29, 0.717) is 12.1 Å². The first-order valence-electron chi connectivity index (χ1n) is 8.19. The predicted molar refractivity (Wildman–Crippen MR) is 98.5 cm³/mol. The second-order valence-corrected chi connectivity index (χ2v) is 6.74. The number of carbonyl (C=O) groups excluding carboxylic acids is 1. The average molecular weight is 345 g/mol. The summed E-state index contributed by atoms with van der Waals surface area (Å²) in [7, 11) is 5.73. The smallest absolute Gasteiger partial charge is 0.315 e. The van der Waals surface area contributed by atoms with Gasteiger partial charge in [-0.25, -0.2) is 4.79 Å². The molecule has 0 radical (unpaired) electrons. The molecule has 1 heterocycles. The molecule has 3 N–H and O–H groups in total. The molecule has 0 saturated heterocycles. The highest BCUT2D eigenvalue weighted by Gasteiger charge is 2.25. The largest absolute Gasteiger partial charge is 0.383 e. The molecular formula is C18H27N5O2. The Hall–Kier alpha value is -2.54. The summed E-state index contributed by atoms with van der Waals surface area (Å²) in [6.07, 6.45) is 3.32. The molecule has 0 spiro atoms. The Morgan fingerprint density at radius 2 is 2.08 bits per heavy atom. The summed E-state index contributed by atoms with van der Waals surface area (Å²) in [5.41, 5.74) is 2.75. The average Bonchev–Trinajstić information content (AvgIpc) is 2.99. The van der Waals surface area contributed by atoms with E-state index < -0.39 is 5.60 Å². The van der Waals surface area contributed by atoms with Crippen molar-refractivity contribution in [1.82, 2.24) is 20.4 Å². The SMILES string of the molecule is Cc1ccc(CNC(=O)NCC(C)(O)c2cnn(C)c2)c(N(C)C)c1. The number of nitrogens with one attached hydrogen (secondary N) is 2. The molecule has 7 heteroatoms. The van der Waals surface area contributed by atoms with Crippen LogP contribution in [0.2, 0.25) is 0 Å². The van der Waals surface area contributed by atoms with Gasteiger partial charge >= 0.3 is 6.03 Å². The van der Waals surface area contributed by atoms with E-state index in [-0.39, 0.29) is 12.6 Å². The molecule has 0 saturated carbocycles. The molecule has 136 valence electrons. The monoisotopic (exact) mass is 345 g/mol. The summed E-state index contributed by atoms with van der Waals surface area (Å²) in [6, 6.07) is 5.79. The minimum Gasteiger partial charge on any atom is -0.383 e. The third-order valence-electron chi connectivity index (χ3n) is 4.08. The Morgan fingerprint density at radius 1 is 1.36 bits per heavy atom. The first-order chi connectivity index (χ1) is 11.7. The molecule has 0 aliphatic carbocycles. The van der Waals surface area contributed by atoms with E-state index in [9.17, 15) is 9.90 Å². The second-order valence-electron chi connectivity index (χ2n) is 6.74. The topological polar surface area (TPSA) is 82.4 Å². The van der Waals surface area contributed by atoms with Gasteiger partial charge in [-0.3, -0.25) is 4.68 Å². The molecule has 0 aliphatic rings. The highest BCUT2D eigenvalue weighted by molar-refractivity contribution is 5.74. The van der Waals surface area contributed by atoms with Gasteiger partial charge in [-0.05, 0) is 31.0 Å². The van der Waals surface area contributed by atoms with E-state index in [1.54, 1.807) is 31.0 Å². The van der Waals surface area contributed by atoms with Gasteiger partial charge in [0.15, 0.2) is 0 Å². The Labute approximate surface area is 148 Å². The van der Waals surface area contributed by atoms with Crippen molar-refractivity contribution in [3.05, 3.63) is 47.3 Å². The number of aryl methyl sites for hydroxylation is 2. The number of aliphatic hydroxyl groups is 1. The fraction of sp³-hybridized carbons (Fsp3) is 0.444. The molecular weight excluding hydrogens is 318 g/mol. The summed E-state index contributed by atoms with van der Waals surface area (Å²) in [6.45, 7) is 4.19. The van der Waals surface area contributed by atoms with Crippen LogP contribution in [-0.4, -0.2) is 41.6 Å². The van der Waals surface area contributed by atoms with Gasteiger partial charge in [-0.1, -0.05) is 12.1 Å². The molecule has 0 fully saturated rings. The van der Waals surface area contributed by atoms with Gasteiger partial charge in [0, 0.05) is 45.1 Å². The van der Waals surface area contributed by atoms with Crippen LogP contribution in [-0.2, 0) is 19.2 Å². The molecule has 1 unspecified atom stereocenters. The lowest BCUT2D eigenvalue weighted by molar-refractivity contribution is 0.0593. The molecule has 7 nitrogen and oxygen atoms in total. The van der Waals surface area contributed by atoms with Crippen molar-refractivity contribution >= 4 is 11.7 Å². The maximum atomic E-state index is 12.1. The Bertz CT molecular complexity index is 737. The van der Waals surface area contributed by atoms with E-state index in [0.717, 1.165) is 11.3 Å². The lowest BCUT2D eigenvalue weighted by atomic mass is 10.00. The highest BCUT2D eigenvalue weighted by Crippen LogP contribution is 2.20. The van der Waals surface area contributed by atoms with E-state index in [1.165, 1.54) is 5.56 Å². The summed E-state index contributed by atoms with van der Waals surface area (Å²) < 4.78 is 1.62. The number of rotatable bonds is 6. The number of hydrogen-bond donors (Lipinski definition) is 3. The van der Waals surface area contributed by atoms with Crippen molar-refractivity contribution in [2.24, 2.45) is 7.05 Å². The van der Waals surface area contributed by atoms with Crippen LogP contribution in [0, 0.1) is 6.92 Å². The summed E-state index contributed by atoms with van der Waals surface area (Å²) in [4.78, 5) is 14.1. The van der Waals surface area contributed by atoms with Crippen LogP contribution in [0.25, 0.3) is 0 Å². The van der Waals surface area contributed by atoms with Crippen LogP contribution in [0.1, 0.15) is 23.6 Å². The molecule has 1 atom stereocenters. The van der Waals surface area contributed by atoms with E-state index in [4.69, 9.17) is 0 Å². The molecule has 1 aromatic carbocycles. The standard InChI is InChI=1S/C18H27N5O2/c1-13-6-7-14(16(8-13)22(3)4)9-19-17(24)20-12-18(2,25)15-10-21-23(5)11-15/h6-8,10-11,25H,9,12H2,1-5H3,(H2,19,20,24). The molecule has 2 amide bonds.